The number of aliphatic hydroxyl groups is 1. The van der Waals surface area contributed by atoms with Crippen LogP contribution < -0.4 is 5.32 Å². The van der Waals surface area contributed by atoms with E-state index in [1.165, 1.54) is 11.1 Å². The normalized spacial score (nSPS) is 22.8. The topological polar surface area (TPSA) is 76.1 Å². The summed E-state index contributed by atoms with van der Waals surface area (Å²) in [4.78, 5) is 33.6. The molecule has 3 aliphatic heterocycles. The summed E-state index contributed by atoms with van der Waals surface area (Å²) in [6.45, 7) is 12.4. The van der Waals surface area contributed by atoms with Crippen LogP contribution in [0.2, 0.25) is 0 Å². The molecule has 0 aromatic heterocycles. The molecule has 2 amide bonds. The van der Waals surface area contributed by atoms with Crippen LogP contribution >= 0.6 is 24.8 Å². The molecule has 4 rings (SSSR count). The highest BCUT2D eigenvalue weighted by molar-refractivity contribution is 6.00. The first kappa shape index (κ1) is 32.8. The van der Waals surface area contributed by atoms with Crippen LogP contribution in [0.1, 0.15) is 76.8 Å². The minimum atomic E-state index is -0.692. The van der Waals surface area contributed by atoms with E-state index in [9.17, 15) is 14.7 Å². The lowest BCUT2D eigenvalue weighted by molar-refractivity contribution is -0.161. The second kappa shape index (κ2) is 14.8. The Bertz CT molecular complexity index is 882. The second-order valence-corrected chi connectivity index (χ2v) is 11.6. The maximum atomic E-state index is 13.4. The number of rotatable bonds is 9. The van der Waals surface area contributed by atoms with Crippen molar-refractivity contribution >= 4 is 36.6 Å². The van der Waals surface area contributed by atoms with E-state index in [4.69, 9.17) is 0 Å². The van der Waals surface area contributed by atoms with Gasteiger partial charge in [0.2, 0.25) is 11.8 Å². The number of aliphatic hydroxyl groups excluding tert-OH is 1. The molecule has 38 heavy (non-hydrogen) atoms. The van der Waals surface area contributed by atoms with Gasteiger partial charge in [-0.3, -0.25) is 19.4 Å². The zero-order valence-corrected chi connectivity index (χ0v) is 25.0. The number of piperidine rings is 2. The summed E-state index contributed by atoms with van der Waals surface area (Å²) in [5, 5.41) is 12.8. The molecule has 1 aromatic carbocycles. The SMILES string of the molecule is CCCCN1C(=O)[C@H](CC(C)C)NC(=O)C12CCN(Cc1ccc(CN3CCC(O)CC3)cc1)CC2.Cl.Cl. The van der Waals surface area contributed by atoms with Gasteiger partial charge in [-0.25, -0.2) is 0 Å². The highest BCUT2D eigenvalue weighted by atomic mass is 35.5. The molecule has 7 nitrogen and oxygen atoms in total. The number of unbranched alkanes of at least 4 members (excludes halogenated alkanes) is 1. The first-order valence-corrected chi connectivity index (χ1v) is 14.1. The zero-order chi connectivity index (χ0) is 25.7. The molecular weight excluding hydrogens is 523 g/mol. The standard InChI is InChI=1S/C29H46N4O3.2ClH/c1-4-5-14-33-27(35)26(19-22(2)3)30-28(36)29(33)12-17-32(18-13-29)21-24-8-6-23(7-9-24)20-31-15-10-25(34)11-16-31;;/h6-9,22,25-26,34H,4-5,10-21H2,1-3H3,(H,30,36);2*1H/t26-;;/m0../s1. The molecule has 3 saturated heterocycles. The summed E-state index contributed by atoms with van der Waals surface area (Å²) in [7, 11) is 0. The van der Waals surface area contributed by atoms with Crippen molar-refractivity contribution in [2.45, 2.75) is 96.5 Å². The van der Waals surface area contributed by atoms with Gasteiger partial charge in [0.1, 0.15) is 11.6 Å². The summed E-state index contributed by atoms with van der Waals surface area (Å²) < 4.78 is 0. The zero-order valence-electron chi connectivity index (χ0n) is 23.4. The molecule has 1 atom stereocenters. The van der Waals surface area contributed by atoms with Gasteiger partial charge in [-0.15, -0.1) is 24.8 Å². The number of likely N-dealkylation sites (tertiary alicyclic amines) is 2. The van der Waals surface area contributed by atoms with Crippen LogP contribution in [0, 0.1) is 5.92 Å². The summed E-state index contributed by atoms with van der Waals surface area (Å²) in [6, 6.07) is 8.51. The van der Waals surface area contributed by atoms with E-state index in [2.05, 4.69) is 60.2 Å². The maximum absolute atomic E-state index is 13.4. The smallest absolute Gasteiger partial charge is 0.246 e. The molecule has 0 bridgehead atoms. The third-order valence-electron chi connectivity index (χ3n) is 8.33. The Morgan fingerprint density at radius 1 is 0.947 bits per heavy atom. The fourth-order valence-corrected chi connectivity index (χ4v) is 6.07. The molecule has 3 fully saturated rings. The molecule has 1 spiro atoms. The number of hydrogen-bond acceptors (Lipinski definition) is 5. The Labute approximate surface area is 241 Å². The lowest BCUT2D eigenvalue weighted by atomic mass is 9.80. The first-order chi connectivity index (χ1) is 17.3. The molecule has 0 aliphatic carbocycles. The van der Waals surface area contributed by atoms with Crippen LogP contribution in [-0.4, -0.2) is 82.0 Å². The number of carbonyl (C=O) groups is 2. The van der Waals surface area contributed by atoms with E-state index < -0.39 is 5.54 Å². The molecule has 216 valence electrons. The van der Waals surface area contributed by atoms with Crippen LogP contribution in [0.5, 0.6) is 0 Å². The van der Waals surface area contributed by atoms with Crippen molar-refractivity contribution in [1.82, 2.24) is 20.0 Å². The van der Waals surface area contributed by atoms with Gasteiger partial charge in [0.05, 0.1) is 6.10 Å². The third-order valence-corrected chi connectivity index (χ3v) is 8.33. The minimum Gasteiger partial charge on any atom is -0.393 e. The van der Waals surface area contributed by atoms with Crippen molar-refractivity contribution in [1.29, 1.82) is 0 Å². The Morgan fingerprint density at radius 3 is 1.97 bits per heavy atom. The van der Waals surface area contributed by atoms with Crippen molar-refractivity contribution in [3.05, 3.63) is 35.4 Å². The number of amides is 2. The average molecular weight is 572 g/mol. The molecule has 1 aromatic rings. The van der Waals surface area contributed by atoms with Crippen LogP contribution in [0.25, 0.3) is 0 Å². The van der Waals surface area contributed by atoms with E-state index in [-0.39, 0.29) is 48.8 Å². The van der Waals surface area contributed by atoms with Crippen LogP contribution in [0.15, 0.2) is 24.3 Å². The molecule has 3 heterocycles. The van der Waals surface area contributed by atoms with E-state index in [1.54, 1.807) is 0 Å². The van der Waals surface area contributed by atoms with Crippen molar-refractivity contribution in [3.8, 4) is 0 Å². The molecule has 2 N–H and O–H groups in total. The maximum Gasteiger partial charge on any atom is 0.246 e. The number of halogens is 2. The van der Waals surface area contributed by atoms with Gasteiger partial charge in [-0.1, -0.05) is 51.5 Å². The van der Waals surface area contributed by atoms with Gasteiger partial charge in [0.15, 0.2) is 0 Å². The molecule has 0 unspecified atom stereocenters. The van der Waals surface area contributed by atoms with Crippen LogP contribution in [0.4, 0.5) is 0 Å². The fourth-order valence-electron chi connectivity index (χ4n) is 6.07. The van der Waals surface area contributed by atoms with Crippen LogP contribution in [-0.2, 0) is 22.7 Å². The van der Waals surface area contributed by atoms with Gasteiger partial charge in [-0.2, -0.15) is 0 Å². The van der Waals surface area contributed by atoms with Crippen molar-refractivity contribution < 1.29 is 14.7 Å². The number of benzene rings is 1. The highest BCUT2D eigenvalue weighted by Crippen LogP contribution is 2.34. The molecule has 0 radical (unpaired) electrons. The van der Waals surface area contributed by atoms with E-state index in [0.29, 0.717) is 31.7 Å². The lowest BCUT2D eigenvalue weighted by Crippen LogP contribution is -2.73. The Balaban J connectivity index is 0.00000253. The predicted molar refractivity (Wildman–Crippen MR) is 157 cm³/mol. The van der Waals surface area contributed by atoms with Crippen molar-refractivity contribution in [2.24, 2.45) is 5.92 Å². The van der Waals surface area contributed by atoms with E-state index in [0.717, 1.165) is 65.0 Å². The van der Waals surface area contributed by atoms with Gasteiger partial charge in [-0.05, 0) is 55.6 Å². The summed E-state index contributed by atoms with van der Waals surface area (Å²) >= 11 is 0. The largest absolute Gasteiger partial charge is 0.393 e. The van der Waals surface area contributed by atoms with Gasteiger partial charge in [0.25, 0.3) is 0 Å². The predicted octanol–water partition coefficient (Wildman–Crippen LogP) is 3.99. The van der Waals surface area contributed by atoms with E-state index >= 15 is 0 Å². The number of piperazine rings is 1. The van der Waals surface area contributed by atoms with Gasteiger partial charge < -0.3 is 15.3 Å². The van der Waals surface area contributed by atoms with Crippen molar-refractivity contribution in [2.75, 3.05) is 32.7 Å². The Kier molecular flexibility index (Phi) is 12.8. The summed E-state index contributed by atoms with van der Waals surface area (Å²) in [6.07, 6.45) is 5.64. The van der Waals surface area contributed by atoms with Gasteiger partial charge in [0, 0.05) is 45.8 Å². The third kappa shape index (κ3) is 7.85. The fraction of sp³-hybridized carbons (Fsp3) is 0.724. The summed E-state index contributed by atoms with van der Waals surface area (Å²) in [5.74, 6) is 0.532. The number of hydrogen-bond donors (Lipinski definition) is 2. The van der Waals surface area contributed by atoms with E-state index in [1.807, 2.05) is 4.90 Å². The summed E-state index contributed by atoms with van der Waals surface area (Å²) in [5.41, 5.74) is 1.91. The number of carbonyl (C=O) groups excluding carboxylic acids is 2. The van der Waals surface area contributed by atoms with Gasteiger partial charge >= 0.3 is 0 Å². The molecule has 9 heteroatoms. The molecular formula is C29H48Cl2N4O3. The molecule has 0 saturated carbocycles. The Hall–Kier alpha value is -1.38. The second-order valence-electron chi connectivity index (χ2n) is 11.6. The van der Waals surface area contributed by atoms with Crippen LogP contribution in [0.3, 0.4) is 0 Å². The monoisotopic (exact) mass is 570 g/mol. The average Bonchev–Trinajstić information content (AvgIpc) is 2.86. The highest BCUT2D eigenvalue weighted by Gasteiger charge is 2.53. The molecule has 3 aliphatic rings. The quantitative estimate of drug-likeness (QED) is 0.469. The first-order valence-electron chi connectivity index (χ1n) is 14.1. The number of nitrogens with zero attached hydrogens (tertiary/aromatic N) is 3. The lowest BCUT2D eigenvalue weighted by Gasteiger charge is -2.52. The number of nitrogens with one attached hydrogen (secondary N) is 1. The Morgan fingerprint density at radius 2 is 1.47 bits per heavy atom. The minimum absolute atomic E-state index is 0. The van der Waals surface area contributed by atoms with Crippen molar-refractivity contribution in [3.63, 3.8) is 0 Å².